The number of carbonyl (C=O) groups excluding carboxylic acids is 1. The summed E-state index contributed by atoms with van der Waals surface area (Å²) >= 11 is 0. The van der Waals surface area contributed by atoms with Crippen LogP contribution >= 0.6 is 0 Å². The van der Waals surface area contributed by atoms with E-state index in [4.69, 9.17) is 0 Å². The second-order valence-corrected chi connectivity index (χ2v) is 5.63. The van der Waals surface area contributed by atoms with Crippen molar-refractivity contribution < 1.29 is 4.79 Å². The van der Waals surface area contributed by atoms with E-state index in [1.165, 1.54) is 18.4 Å². The maximum absolute atomic E-state index is 11.9. The molecule has 0 atom stereocenters. The number of amides is 1. The van der Waals surface area contributed by atoms with E-state index in [2.05, 4.69) is 22.5 Å². The van der Waals surface area contributed by atoms with Gasteiger partial charge in [-0.25, -0.2) is 0 Å². The maximum Gasteiger partial charge on any atom is 0.223 e. The molecule has 0 unspecified atom stereocenters. The molecule has 1 fully saturated rings. The van der Waals surface area contributed by atoms with Gasteiger partial charge in [0.25, 0.3) is 0 Å². The SMILES string of the molecule is O=C(NCCn1cc(-c2ccccc2)cn1)C1CCCC1. The molecule has 1 aliphatic carbocycles. The number of nitrogens with zero attached hydrogens (tertiary/aromatic N) is 2. The van der Waals surface area contributed by atoms with Crippen LogP contribution in [0.3, 0.4) is 0 Å². The normalized spacial score (nSPS) is 15.2. The van der Waals surface area contributed by atoms with Crippen molar-refractivity contribution in [3.63, 3.8) is 0 Å². The minimum atomic E-state index is 0.211. The lowest BCUT2D eigenvalue weighted by molar-refractivity contribution is -0.124. The first-order chi connectivity index (χ1) is 10.3. The highest BCUT2D eigenvalue weighted by atomic mass is 16.1. The van der Waals surface area contributed by atoms with Gasteiger partial charge in [0, 0.05) is 24.2 Å². The van der Waals surface area contributed by atoms with Crippen LogP contribution in [0.2, 0.25) is 0 Å². The first-order valence-corrected chi connectivity index (χ1v) is 7.68. The predicted octanol–water partition coefficient (Wildman–Crippen LogP) is 2.86. The topological polar surface area (TPSA) is 46.9 Å². The Balaban J connectivity index is 1.50. The fraction of sp³-hybridized carbons (Fsp3) is 0.412. The summed E-state index contributed by atoms with van der Waals surface area (Å²) in [4.78, 5) is 11.9. The first-order valence-electron chi connectivity index (χ1n) is 7.68. The van der Waals surface area contributed by atoms with E-state index in [1.54, 1.807) is 0 Å². The van der Waals surface area contributed by atoms with Crippen molar-refractivity contribution in [1.82, 2.24) is 15.1 Å². The molecular formula is C17H21N3O. The van der Waals surface area contributed by atoms with Crippen molar-refractivity contribution in [2.45, 2.75) is 32.2 Å². The van der Waals surface area contributed by atoms with Crippen LogP contribution in [0.5, 0.6) is 0 Å². The van der Waals surface area contributed by atoms with Crippen LogP contribution in [0.15, 0.2) is 42.7 Å². The first kappa shape index (κ1) is 13.9. The minimum Gasteiger partial charge on any atom is -0.354 e. The van der Waals surface area contributed by atoms with E-state index in [0.29, 0.717) is 13.1 Å². The van der Waals surface area contributed by atoms with Crippen LogP contribution in [0.1, 0.15) is 25.7 Å². The van der Waals surface area contributed by atoms with E-state index in [-0.39, 0.29) is 11.8 Å². The third kappa shape index (κ3) is 3.51. The van der Waals surface area contributed by atoms with Gasteiger partial charge < -0.3 is 5.32 Å². The number of aromatic nitrogens is 2. The molecule has 0 bridgehead atoms. The summed E-state index contributed by atoms with van der Waals surface area (Å²) in [6.45, 7) is 1.36. The summed E-state index contributed by atoms with van der Waals surface area (Å²) in [7, 11) is 0. The van der Waals surface area contributed by atoms with Crippen LogP contribution in [0.25, 0.3) is 11.1 Å². The Kier molecular flexibility index (Phi) is 4.34. The summed E-state index contributed by atoms with van der Waals surface area (Å²) in [6.07, 6.45) is 8.37. The van der Waals surface area contributed by atoms with Gasteiger partial charge in [0.2, 0.25) is 5.91 Å². The summed E-state index contributed by atoms with van der Waals surface area (Å²) in [5.74, 6) is 0.449. The molecule has 1 aromatic carbocycles. The molecule has 2 aromatic rings. The van der Waals surface area contributed by atoms with Crippen molar-refractivity contribution in [1.29, 1.82) is 0 Å². The molecule has 21 heavy (non-hydrogen) atoms. The van der Waals surface area contributed by atoms with Gasteiger partial charge in [-0.15, -0.1) is 0 Å². The lowest BCUT2D eigenvalue weighted by Crippen LogP contribution is -2.32. The molecule has 4 heteroatoms. The minimum absolute atomic E-state index is 0.211. The van der Waals surface area contributed by atoms with Crippen LogP contribution < -0.4 is 5.32 Å². The van der Waals surface area contributed by atoms with Gasteiger partial charge in [-0.3, -0.25) is 9.48 Å². The van der Waals surface area contributed by atoms with Crippen LogP contribution in [0.4, 0.5) is 0 Å². The zero-order valence-electron chi connectivity index (χ0n) is 12.2. The number of hydrogen-bond donors (Lipinski definition) is 1. The van der Waals surface area contributed by atoms with E-state index >= 15 is 0 Å². The summed E-state index contributed by atoms with van der Waals surface area (Å²) in [5.41, 5.74) is 2.27. The fourth-order valence-corrected chi connectivity index (χ4v) is 2.89. The monoisotopic (exact) mass is 283 g/mol. The Bertz CT molecular complexity index is 585. The molecule has 0 spiro atoms. The van der Waals surface area contributed by atoms with Gasteiger partial charge in [0.05, 0.1) is 12.7 Å². The van der Waals surface area contributed by atoms with E-state index in [0.717, 1.165) is 18.4 Å². The lowest BCUT2D eigenvalue weighted by Gasteiger charge is -2.10. The Morgan fingerprint density at radius 3 is 2.71 bits per heavy atom. The fourth-order valence-electron chi connectivity index (χ4n) is 2.89. The Hall–Kier alpha value is -2.10. The van der Waals surface area contributed by atoms with E-state index in [1.807, 2.05) is 35.3 Å². The predicted molar refractivity (Wildman–Crippen MR) is 82.6 cm³/mol. The highest BCUT2D eigenvalue weighted by molar-refractivity contribution is 5.78. The summed E-state index contributed by atoms with van der Waals surface area (Å²) in [5, 5.41) is 7.37. The molecule has 1 heterocycles. The third-order valence-electron chi connectivity index (χ3n) is 4.11. The third-order valence-corrected chi connectivity index (χ3v) is 4.11. The molecule has 4 nitrogen and oxygen atoms in total. The van der Waals surface area contributed by atoms with Crippen molar-refractivity contribution in [3.8, 4) is 11.1 Å². The Morgan fingerprint density at radius 2 is 1.95 bits per heavy atom. The van der Waals surface area contributed by atoms with Gasteiger partial charge in [-0.05, 0) is 18.4 Å². The maximum atomic E-state index is 11.9. The highest BCUT2D eigenvalue weighted by Crippen LogP contribution is 2.24. The smallest absolute Gasteiger partial charge is 0.223 e. The summed E-state index contributed by atoms with van der Waals surface area (Å²) in [6, 6.07) is 10.2. The average molecular weight is 283 g/mol. The quantitative estimate of drug-likeness (QED) is 0.917. The van der Waals surface area contributed by atoms with Gasteiger partial charge in [-0.2, -0.15) is 5.10 Å². The molecule has 0 aliphatic heterocycles. The van der Waals surface area contributed by atoms with Crippen molar-refractivity contribution >= 4 is 5.91 Å². The van der Waals surface area contributed by atoms with Gasteiger partial charge in [0.15, 0.2) is 0 Å². The molecule has 0 radical (unpaired) electrons. The number of rotatable bonds is 5. The summed E-state index contributed by atoms with van der Waals surface area (Å²) < 4.78 is 1.89. The number of hydrogen-bond acceptors (Lipinski definition) is 2. The van der Waals surface area contributed by atoms with Gasteiger partial charge in [0.1, 0.15) is 0 Å². The number of benzene rings is 1. The largest absolute Gasteiger partial charge is 0.354 e. The van der Waals surface area contributed by atoms with E-state index < -0.39 is 0 Å². The highest BCUT2D eigenvalue weighted by Gasteiger charge is 2.21. The average Bonchev–Trinajstić information content (AvgIpc) is 3.20. The molecular weight excluding hydrogens is 262 g/mol. The second-order valence-electron chi connectivity index (χ2n) is 5.63. The molecule has 1 aromatic heterocycles. The van der Waals surface area contributed by atoms with Crippen LogP contribution in [-0.2, 0) is 11.3 Å². The number of nitrogens with one attached hydrogen (secondary N) is 1. The molecule has 1 N–H and O–H groups in total. The van der Waals surface area contributed by atoms with Gasteiger partial charge in [-0.1, -0.05) is 43.2 Å². The number of carbonyl (C=O) groups is 1. The Morgan fingerprint density at radius 1 is 1.19 bits per heavy atom. The Labute approximate surface area is 125 Å². The molecule has 1 saturated carbocycles. The van der Waals surface area contributed by atoms with Gasteiger partial charge >= 0.3 is 0 Å². The molecule has 1 amide bonds. The molecule has 3 rings (SSSR count). The van der Waals surface area contributed by atoms with Crippen molar-refractivity contribution in [2.75, 3.05) is 6.54 Å². The standard InChI is InChI=1S/C17H21N3O/c21-17(15-8-4-5-9-15)18-10-11-20-13-16(12-19-20)14-6-2-1-3-7-14/h1-3,6-7,12-13,15H,4-5,8-11H2,(H,18,21). The second kappa shape index (κ2) is 6.57. The molecule has 110 valence electrons. The van der Waals surface area contributed by atoms with Crippen molar-refractivity contribution in [3.05, 3.63) is 42.7 Å². The van der Waals surface area contributed by atoms with Crippen LogP contribution in [-0.4, -0.2) is 22.2 Å². The molecule has 1 aliphatic rings. The zero-order valence-corrected chi connectivity index (χ0v) is 12.2. The molecule has 0 saturated heterocycles. The zero-order chi connectivity index (χ0) is 14.5. The van der Waals surface area contributed by atoms with E-state index in [9.17, 15) is 4.79 Å². The lowest BCUT2D eigenvalue weighted by atomic mass is 10.1. The van der Waals surface area contributed by atoms with Crippen LogP contribution in [0, 0.1) is 5.92 Å². The van der Waals surface area contributed by atoms with Crippen molar-refractivity contribution in [2.24, 2.45) is 5.92 Å².